The maximum absolute atomic E-state index is 12.2. The molecule has 9 heteroatoms. The molecule has 0 unspecified atom stereocenters. The lowest BCUT2D eigenvalue weighted by atomic mass is 10.2. The number of nitrogens with zero attached hydrogens (tertiary/aromatic N) is 3. The number of amides is 1. The number of aromatic nitrogens is 2. The first-order valence-corrected chi connectivity index (χ1v) is 8.80. The van der Waals surface area contributed by atoms with Crippen LogP contribution in [0.5, 0.6) is 0 Å². The van der Waals surface area contributed by atoms with E-state index in [1.807, 2.05) is 0 Å². The van der Waals surface area contributed by atoms with Crippen molar-refractivity contribution in [2.45, 2.75) is 0 Å². The first-order valence-electron chi connectivity index (χ1n) is 8.80. The lowest BCUT2D eigenvalue weighted by molar-refractivity contribution is -0.384. The van der Waals surface area contributed by atoms with Crippen molar-refractivity contribution in [2.75, 3.05) is 5.32 Å². The van der Waals surface area contributed by atoms with Gasteiger partial charge in [0.1, 0.15) is 0 Å². The summed E-state index contributed by atoms with van der Waals surface area (Å²) in [6, 6.07) is 16.3. The lowest BCUT2D eigenvalue weighted by Crippen LogP contribution is -2.07. The zero-order valence-corrected chi connectivity index (χ0v) is 15.4. The normalized spacial score (nSPS) is 10.9. The van der Waals surface area contributed by atoms with Crippen molar-refractivity contribution in [1.82, 2.24) is 10.2 Å². The molecule has 0 radical (unpaired) electrons. The van der Waals surface area contributed by atoms with Gasteiger partial charge in [0.15, 0.2) is 5.76 Å². The van der Waals surface area contributed by atoms with Gasteiger partial charge in [0.2, 0.25) is 11.8 Å². The van der Waals surface area contributed by atoms with E-state index in [0.717, 1.165) is 0 Å². The van der Waals surface area contributed by atoms with Gasteiger partial charge in [0.05, 0.1) is 11.2 Å². The first kappa shape index (κ1) is 18.8. The van der Waals surface area contributed by atoms with E-state index in [1.165, 1.54) is 24.5 Å². The largest absolute Gasteiger partial charge is 0.459 e. The highest BCUT2D eigenvalue weighted by Gasteiger charge is 2.13. The maximum Gasteiger partial charge on any atom is 0.283 e. The third kappa shape index (κ3) is 4.30. The van der Waals surface area contributed by atoms with Crippen LogP contribution >= 0.6 is 0 Å². The average molecular weight is 402 g/mol. The summed E-state index contributed by atoms with van der Waals surface area (Å²) in [5.41, 5.74) is 1.84. The summed E-state index contributed by atoms with van der Waals surface area (Å²) >= 11 is 0. The minimum absolute atomic E-state index is 0.00959. The number of rotatable bonds is 6. The Morgan fingerprint density at radius 3 is 2.57 bits per heavy atom. The molecule has 0 bridgehead atoms. The van der Waals surface area contributed by atoms with Gasteiger partial charge in [0.25, 0.3) is 11.6 Å². The van der Waals surface area contributed by atoms with Crippen LogP contribution in [0.25, 0.3) is 29.2 Å². The number of benzene rings is 2. The molecule has 0 saturated carbocycles. The number of hydrogen-bond donors (Lipinski definition) is 1. The number of hydrogen-bond acceptors (Lipinski definition) is 7. The van der Waals surface area contributed by atoms with E-state index in [0.29, 0.717) is 28.5 Å². The summed E-state index contributed by atoms with van der Waals surface area (Å²) in [7, 11) is 0. The van der Waals surface area contributed by atoms with Crippen LogP contribution < -0.4 is 5.32 Å². The molecule has 2 aromatic heterocycles. The zero-order valence-electron chi connectivity index (χ0n) is 15.4. The Hall–Kier alpha value is -4.53. The number of non-ortho nitro benzene ring substituents is 1. The summed E-state index contributed by atoms with van der Waals surface area (Å²) in [6.45, 7) is 0. The fraction of sp³-hybridized carbons (Fsp3) is 0. The van der Waals surface area contributed by atoms with Crippen molar-refractivity contribution in [2.24, 2.45) is 0 Å². The fourth-order valence-corrected chi connectivity index (χ4v) is 2.63. The third-order valence-electron chi connectivity index (χ3n) is 4.07. The molecule has 0 saturated heterocycles. The molecule has 0 fully saturated rings. The van der Waals surface area contributed by atoms with Gasteiger partial charge in [-0.1, -0.05) is 6.07 Å². The highest BCUT2D eigenvalue weighted by atomic mass is 16.6. The van der Waals surface area contributed by atoms with Crippen molar-refractivity contribution < 1.29 is 18.6 Å². The molecular weight excluding hydrogens is 388 g/mol. The number of carbonyl (C=O) groups is 1. The van der Waals surface area contributed by atoms with Crippen molar-refractivity contribution in [3.63, 3.8) is 0 Å². The highest BCUT2D eigenvalue weighted by molar-refractivity contribution is 6.02. The van der Waals surface area contributed by atoms with Gasteiger partial charge >= 0.3 is 0 Å². The number of nitro groups is 1. The molecule has 0 aliphatic carbocycles. The van der Waals surface area contributed by atoms with Gasteiger partial charge in [-0.05, 0) is 54.1 Å². The molecule has 9 nitrogen and oxygen atoms in total. The average Bonchev–Trinajstić information content (AvgIpc) is 3.44. The van der Waals surface area contributed by atoms with Gasteiger partial charge in [-0.3, -0.25) is 14.9 Å². The minimum atomic E-state index is -0.478. The second-order valence-corrected chi connectivity index (χ2v) is 6.14. The van der Waals surface area contributed by atoms with E-state index in [2.05, 4.69) is 15.5 Å². The van der Waals surface area contributed by atoms with Crippen molar-refractivity contribution in [1.29, 1.82) is 0 Å². The second kappa shape index (κ2) is 8.23. The van der Waals surface area contributed by atoms with Crippen molar-refractivity contribution >= 4 is 23.4 Å². The Bertz CT molecular complexity index is 1210. The number of nitro benzene ring substituents is 1. The first-order chi connectivity index (χ1) is 14.6. The summed E-state index contributed by atoms with van der Waals surface area (Å²) in [5, 5.41) is 21.4. The van der Waals surface area contributed by atoms with Crippen LogP contribution in [0.15, 0.2) is 81.8 Å². The van der Waals surface area contributed by atoms with Crippen LogP contribution in [-0.2, 0) is 4.79 Å². The highest BCUT2D eigenvalue weighted by Crippen LogP contribution is 2.25. The van der Waals surface area contributed by atoms with E-state index < -0.39 is 4.92 Å². The minimum Gasteiger partial charge on any atom is -0.459 e. The van der Waals surface area contributed by atoms with Gasteiger partial charge in [-0.2, -0.15) is 0 Å². The van der Waals surface area contributed by atoms with Crippen molar-refractivity contribution in [3.05, 3.63) is 88.7 Å². The molecule has 4 aromatic rings. The van der Waals surface area contributed by atoms with E-state index in [9.17, 15) is 14.9 Å². The quantitative estimate of drug-likeness (QED) is 0.285. The molecule has 4 rings (SSSR count). The molecule has 0 aliphatic heterocycles. The predicted molar refractivity (Wildman–Crippen MR) is 108 cm³/mol. The Balaban J connectivity index is 1.44. The molecule has 1 N–H and O–H groups in total. The topological polar surface area (TPSA) is 124 Å². The van der Waals surface area contributed by atoms with Gasteiger partial charge < -0.3 is 14.2 Å². The number of furan rings is 1. The fourth-order valence-electron chi connectivity index (χ4n) is 2.63. The van der Waals surface area contributed by atoms with Crippen LogP contribution in [0, 0.1) is 10.1 Å². The maximum atomic E-state index is 12.2. The smallest absolute Gasteiger partial charge is 0.283 e. The Kier molecular flexibility index (Phi) is 5.16. The molecular formula is C21H14N4O5. The number of anilines is 1. The lowest BCUT2D eigenvalue weighted by Gasteiger charge is -2.03. The second-order valence-electron chi connectivity index (χ2n) is 6.14. The molecule has 30 heavy (non-hydrogen) atoms. The Morgan fingerprint density at radius 2 is 1.83 bits per heavy atom. The van der Waals surface area contributed by atoms with Crippen LogP contribution in [0.2, 0.25) is 0 Å². The van der Waals surface area contributed by atoms with Gasteiger partial charge in [-0.15, -0.1) is 10.2 Å². The number of nitrogens with one attached hydrogen (secondary N) is 1. The Labute approximate surface area is 169 Å². The summed E-state index contributed by atoms with van der Waals surface area (Å²) in [5.74, 6) is 0.663. The summed E-state index contributed by atoms with van der Waals surface area (Å²) in [4.78, 5) is 22.4. The van der Waals surface area contributed by atoms with Crippen molar-refractivity contribution in [3.8, 4) is 23.1 Å². The van der Waals surface area contributed by atoms with Crippen LogP contribution in [-0.4, -0.2) is 21.0 Å². The molecule has 0 atom stereocenters. The van der Waals surface area contributed by atoms with Crippen LogP contribution in [0.1, 0.15) is 5.56 Å². The van der Waals surface area contributed by atoms with Crippen LogP contribution in [0.4, 0.5) is 11.4 Å². The van der Waals surface area contributed by atoms with Gasteiger partial charge in [-0.25, -0.2) is 0 Å². The SMILES string of the molecule is O=C(C=Cc1ccc([N+](=O)[O-])cc1)Nc1cccc(-c2nnc(-c3ccco3)o2)c1. The van der Waals surface area contributed by atoms with Crippen LogP contribution in [0.3, 0.4) is 0 Å². The standard InChI is InChI=1S/C21H14N4O5/c26-19(11-8-14-6-9-17(10-7-14)25(27)28)22-16-4-1-3-15(13-16)20-23-24-21(30-20)18-5-2-12-29-18/h1-13H,(H,22,26). The molecule has 2 aromatic carbocycles. The molecule has 2 heterocycles. The zero-order chi connectivity index (χ0) is 20.9. The van der Waals surface area contributed by atoms with Gasteiger partial charge in [0, 0.05) is 29.5 Å². The number of carbonyl (C=O) groups excluding carboxylic acids is 1. The monoisotopic (exact) mass is 402 g/mol. The Morgan fingerprint density at radius 1 is 1.03 bits per heavy atom. The third-order valence-corrected chi connectivity index (χ3v) is 4.07. The summed E-state index contributed by atoms with van der Waals surface area (Å²) in [6.07, 6.45) is 4.42. The van der Waals surface area contributed by atoms with E-state index >= 15 is 0 Å². The molecule has 148 valence electrons. The van der Waals surface area contributed by atoms with E-state index in [1.54, 1.807) is 54.6 Å². The molecule has 0 aliphatic rings. The predicted octanol–water partition coefficient (Wildman–Crippen LogP) is 4.56. The summed E-state index contributed by atoms with van der Waals surface area (Å²) < 4.78 is 10.8. The van der Waals surface area contributed by atoms with E-state index in [4.69, 9.17) is 8.83 Å². The van der Waals surface area contributed by atoms with E-state index in [-0.39, 0.29) is 17.5 Å². The molecule has 0 spiro atoms. The molecule has 1 amide bonds.